The Morgan fingerprint density at radius 1 is 1.06 bits per heavy atom. The van der Waals surface area contributed by atoms with Gasteiger partial charge in [0, 0.05) is 0 Å². The van der Waals surface area contributed by atoms with E-state index in [-0.39, 0.29) is 0 Å². The lowest BCUT2D eigenvalue weighted by Gasteiger charge is -2.08. The first-order valence-corrected chi connectivity index (χ1v) is 5.65. The molecule has 0 aliphatic rings. The van der Waals surface area contributed by atoms with E-state index in [2.05, 4.69) is 5.92 Å². The van der Waals surface area contributed by atoms with Crippen LogP contribution in [-0.4, -0.2) is 7.11 Å². The van der Waals surface area contributed by atoms with Crippen LogP contribution in [0, 0.1) is 12.3 Å². The monoisotopic (exact) mass is 238 g/mol. The summed E-state index contributed by atoms with van der Waals surface area (Å²) >= 11 is 0. The van der Waals surface area contributed by atoms with Crippen LogP contribution in [0.15, 0.2) is 48.5 Å². The van der Waals surface area contributed by atoms with Crippen LogP contribution >= 0.6 is 0 Å². The van der Waals surface area contributed by atoms with Crippen LogP contribution in [0.1, 0.15) is 11.1 Å². The van der Waals surface area contributed by atoms with Crippen LogP contribution in [0.2, 0.25) is 0 Å². The molecule has 0 bridgehead atoms. The molecule has 0 amide bonds. The normalized spacial score (nSPS) is 9.56. The van der Waals surface area contributed by atoms with Crippen LogP contribution < -0.4 is 9.47 Å². The zero-order chi connectivity index (χ0) is 12.8. The summed E-state index contributed by atoms with van der Waals surface area (Å²) in [5.74, 6) is 4.17. The second-order valence-electron chi connectivity index (χ2n) is 3.78. The number of hydrogen-bond acceptors (Lipinski definition) is 2. The zero-order valence-electron chi connectivity index (χ0n) is 10.2. The van der Waals surface area contributed by atoms with Crippen LogP contribution in [0.4, 0.5) is 0 Å². The Morgan fingerprint density at radius 2 is 1.78 bits per heavy atom. The fourth-order valence-corrected chi connectivity index (χ4v) is 1.59. The van der Waals surface area contributed by atoms with Gasteiger partial charge in [0.05, 0.1) is 12.7 Å². The Kier molecular flexibility index (Phi) is 3.88. The molecule has 0 aromatic heterocycles. The summed E-state index contributed by atoms with van der Waals surface area (Å²) in [4.78, 5) is 0. The van der Waals surface area contributed by atoms with Crippen LogP contribution in [-0.2, 0) is 6.61 Å². The van der Waals surface area contributed by atoms with Gasteiger partial charge in [-0.15, -0.1) is 6.42 Å². The molecule has 0 heterocycles. The molecule has 0 saturated heterocycles. The maximum atomic E-state index is 5.70. The van der Waals surface area contributed by atoms with E-state index in [4.69, 9.17) is 15.9 Å². The minimum Gasteiger partial charge on any atom is -0.497 e. The van der Waals surface area contributed by atoms with E-state index >= 15 is 0 Å². The lowest BCUT2D eigenvalue weighted by molar-refractivity contribution is 0.305. The summed E-state index contributed by atoms with van der Waals surface area (Å²) in [5.41, 5.74) is 1.84. The molecule has 18 heavy (non-hydrogen) atoms. The van der Waals surface area contributed by atoms with Crippen LogP contribution in [0.3, 0.4) is 0 Å². The first-order chi connectivity index (χ1) is 8.83. The van der Waals surface area contributed by atoms with Gasteiger partial charge in [-0.25, -0.2) is 0 Å². The third-order valence-electron chi connectivity index (χ3n) is 2.60. The first-order valence-electron chi connectivity index (χ1n) is 5.65. The van der Waals surface area contributed by atoms with Gasteiger partial charge in [-0.2, -0.15) is 0 Å². The van der Waals surface area contributed by atoms with E-state index in [1.54, 1.807) is 7.11 Å². The summed E-state index contributed by atoms with van der Waals surface area (Å²) in [6.45, 7) is 0.489. The lowest BCUT2D eigenvalue weighted by Crippen LogP contribution is -1.97. The van der Waals surface area contributed by atoms with Crippen molar-refractivity contribution in [3.63, 3.8) is 0 Å². The lowest BCUT2D eigenvalue weighted by atomic mass is 10.2. The highest BCUT2D eigenvalue weighted by molar-refractivity contribution is 5.44. The molecule has 0 atom stereocenters. The molecule has 2 aromatic rings. The van der Waals surface area contributed by atoms with Crippen LogP contribution in [0.5, 0.6) is 11.5 Å². The Morgan fingerprint density at radius 3 is 2.44 bits per heavy atom. The minimum absolute atomic E-state index is 0.489. The predicted octanol–water partition coefficient (Wildman–Crippen LogP) is 3.26. The number of hydrogen-bond donors (Lipinski definition) is 0. The second kappa shape index (κ2) is 5.79. The van der Waals surface area contributed by atoms with E-state index in [9.17, 15) is 0 Å². The maximum absolute atomic E-state index is 5.70. The Hall–Kier alpha value is -2.40. The predicted molar refractivity (Wildman–Crippen MR) is 71.7 cm³/mol. The van der Waals surface area contributed by atoms with E-state index in [0.29, 0.717) is 6.61 Å². The number of ether oxygens (including phenoxy) is 2. The van der Waals surface area contributed by atoms with E-state index in [0.717, 1.165) is 22.6 Å². The van der Waals surface area contributed by atoms with Gasteiger partial charge in [0.15, 0.2) is 0 Å². The molecular weight excluding hydrogens is 224 g/mol. The quantitative estimate of drug-likeness (QED) is 0.761. The molecule has 2 heteroatoms. The van der Waals surface area contributed by atoms with Gasteiger partial charge in [-0.1, -0.05) is 30.2 Å². The van der Waals surface area contributed by atoms with Gasteiger partial charge in [0.2, 0.25) is 0 Å². The molecule has 0 N–H and O–H groups in total. The third-order valence-corrected chi connectivity index (χ3v) is 2.60. The molecular formula is C16H14O2. The van der Waals surface area contributed by atoms with Crippen molar-refractivity contribution in [1.29, 1.82) is 0 Å². The molecule has 0 unspecified atom stereocenters. The largest absolute Gasteiger partial charge is 0.497 e. The van der Waals surface area contributed by atoms with E-state index in [1.165, 1.54) is 0 Å². The SMILES string of the molecule is C#Cc1ccccc1OCc1ccc(OC)cc1. The van der Waals surface area contributed by atoms with Gasteiger partial charge in [-0.05, 0) is 29.8 Å². The number of methoxy groups -OCH3 is 1. The molecule has 0 aliphatic carbocycles. The number of rotatable bonds is 4. The average molecular weight is 238 g/mol. The fourth-order valence-electron chi connectivity index (χ4n) is 1.59. The number of terminal acetylenes is 1. The summed E-state index contributed by atoms with van der Waals surface area (Å²) in [6.07, 6.45) is 5.41. The summed E-state index contributed by atoms with van der Waals surface area (Å²) in [5, 5.41) is 0. The molecule has 0 spiro atoms. The van der Waals surface area contributed by atoms with Gasteiger partial charge in [-0.3, -0.25) is 0 Å². The molecule has 2 nitrogen and oxygen atoms in total. The average Bonchev–Trinajstić information content (AvgIpc) is 2.46. The van der Waals surface area contributed by atoms with Gasteiger partial charge in [0.25, 0.3) is 0 Å². The Labute approximate surface area is 107 Å². The number of para-hydroxylation sites is 1. The standard InChI is InChI=1S/C16H14O2/c1-3-14-6-4-5-7-16(14)18-12-13-8-10-15(17-2)11-9-13/h1,4-11H,12H2,2H3. The van der Waals surface area contributed by atoms with Gasteiger partial charge < -0.3 is 9.47 Å². The van der Waals surface area contributed by atoms with Crippen molar-refractivity contribution in [2.75, 3.05) is 7.11 Å². The van der Waals surface area contributed by atoms with Gasteiger partial charge >= 0.3 is 0 Å². The Bertz CT molecular complexity index is 550. The van der Waals surface area contributed by atoms with Crippen molar-refractivity contribution >= 4 is 0 Å². The van der Waals surface area contributed by atoms with Crippen molar-refractivity contribution in [3.05, 3.63) is 59.7 Å². The highest BCUT2D eigenvalue weighted by atomic mass is 16.5. The van der Waals surface area contributed by atoms with Crippen molar-refractivity contribution in [3.8, 4) is 23.8 Å². The summed E-state index contributed by atoms with van der Waals surface area (Å²) in [6, 6.07) is 15.3. The third kappa shape index (κ3) is 2.83. The molecule has 2 aromatic carbocycles. The van der Waals surface area contributed by atoms with Crippen molar-refractivity contribution in [2.45, 2.75) is 6.61 Å². The zero-order valence-corrected chi connectivity index (χ0v) is 10.2. The molecule has 0 fully saturated rings. The fraction of sp³-hybridized carbons (Fsp3) is 0.125. The summed E-state index contributed by atoms with van der Waals surface area (Å²) in [7, 11) is 1.65. The molecule has 0 radical (unpaired) electrons. The highest BCUT2D eigenvalue weighted by Crippen LogP contribution is 2.19. The molecule has 0 aliphatic heterocycles. The molecule has 2 rings (SSSR count). The van der Waals surface area contributed by atoms with Crippen molar-refractivity contribution < 1.29 is 9.47 Å². The second-order valence-corrected chi connectivity index (χ2v) is 3.78. The molecule has 0 saturated carbocycles. The van der Waals surface area contributed by atoms with Crippen molar-refractivity contribution in [2.24, 2.45) is 0 Å². The number of benzene rings is 2. The first kappa shape index (κ1) is 12.1. The minimum atomic E-state index is 0.489. The van der Waals surface area contributed by atoms with E-state index in [1.807, 2.05) is 48.5 Å². The molecule has 90 valence electrons. The topological polar surface area (TPSA) is 18.5 Å². The van der Waals surface area contributed by atoms with Crippen LogP contribution in [0.25, 0.3) is 0 Å². The Balaban J connectivity index is 2.05. The summed E-state index contributed by atoms with van der Waals surface area (Å²) < 4.78 is 10.8. The van der Waals surface area contributed by atoms with Crippen molar-refractivity contribution in [1.82, 2.24) is 0 Å². The smallest absolute Gasteiger partial charge is 0.135 e. The van der Waals surface area contributed by atoms with Gasteiger partial charge in [0.1, 0.15) is 18.1 Å². The maximum Gasteiger partial charge on any atom is 0.135 e. The van der Waals surface area contributed by atoms with E-state index < -0.39 is 0 Å². The highest BCUT2D eigenvalue weighted by Gasteiger charge is 2.00.